The highest BCUT2D eigenvalue weighted by molar-refractivity contribution is 6.31. The molecular formula is C18H22ClNO. The lowest BCUT2D eigenvalue weighted by Crippen LogP contribution is -2.12. The SMILES string of the molecule is CCCOc1ccccc1-c1ccc(Cl)c(CNCC)c1. The summed E-state index contributed by atoms with van der Waals surface area (Å²) in [5, 5.41) is 4.12. The van der Waals surface area contributed by atoms with Crippen LogP contribution in [-0.2, 0) is 6.54 Å². The van der Waals surface area contributed by atoms with Gasteiger partial charge in [-0.2, -0.15) is 0 Å². The molecule has 0 aliphatic carbocycles. The summed E-state index contributed by atoms with van der Waals surface area (Å²) in [5.74, 6) is 0.927. The van der Waals surface area contributed by atoms with E-state index in [1.165, 1.54) is 0 Å². The molecular weight excluding hydrogens is 282 g/mol. The Labute approximate surface area is 132 Å². The van der Waals surface area contributed by atoms with Gasteiger partial charge < -0.3 is 10.1 Å². The Kier molecular flexibility index (Phi) is 6.09. The van der Waals surface area contributed by atoms with E-state index in [0.29, 0.717) is 0 Å². The van der Waals surface area contributed by atoms with E-state index >= 15 is 0 Å². The Morgan fingerprint density at radius 1 is 1.10 bits per heavy atom. The lowest BCUT2D eigenvalue weighted by molar-refractivity contribution is 0.318. The number of ether oxygens (including phenoxy) is 1. The molecule has 1 N–H and O–H groups in total. The second-order valence-electron chi connectivity index (χ2n) is 4.93. The number of hydrogen-bond acceptors (Lipinski definition) is 2. The van der Waals surface area contributed by atoms with Crippen molar-refractivity contribution in [1.29, 1.82) is 0 Å². The molecule has 0 aliphatic heterocycles. The molecule has 2 aromatic rings. The normalized spacial score (nSPS) is 10.6. The molecule has 0 aliphatic rings. The molecule has 0 spiro atoms. The standard InChI is InChI=1S/C18H22ClNO/c1-3-11-21-18-8-6-5-7-16(18)14-9-10-17(19)15(12-14)13-20-4-2/h5-10,12,20H,3-4,11,13H2,1-2H3. The third-order valence-corrected chi connectivity index (χ3v) is 3.64. The number of nitrogens with one attached hydrogen (secondary N) is 1. The van der Waals surface area contributed by atoms with Crippen LogP contribution in [0.3, 0.4) is 0 Å². The zero-order chi connectivity index (χ0) is 15.1. The summed E-state index contributed by atoms with van der Waals surface area (Å²) in [6, 6.07) is 14.3. The van der Waals surface area contributed by atoms with Gasteiger partial charge in [0, 0.05) is 17.1 Å². The Hall–Kier alpha value is -1.51. The van der Waals surface area contributed by atoms with Crippen LogP contribution in [0.5, 0.6) is 5.75 Å². The molecule has 0 bridgehead atoms. The minimum absolute atomic E-state index is 0.731. The van der Waals surface area contributed by atoms with E-state index in [9.17, 15) is 0 Å². The molecule has 0 atom stereocenters. The van der Waals surface area contributed by atoms with Crippen LogP contribution in [0.2, 0.25) is 5.02 Å². The topological polar surface area (TPSA) is 21.3 Å². The molecule has 0 amide bonds. The molecule has 0 aromatic heterocycles. The van der Waals surface area contributed by atoms with Gasteiger partial charge in [0.25, 0.3) is 0 Å². The van der Waals surface area contributed by atoms with E-state index in [2.05, 4.69) is 31.3 Å². The van der Waals surface area contributed by atoms with Gasteiger partial charge in [-0.25, -0.2) is 0 Å². The number of para-hydroxylation sites is 1. The van der Waals surface area contributed by atoms with Crippen molar-refractivity contribution in [3.63, 3.8) is 0 Å². The molecule has 3 heteroatoms. The summed E-state index contributed by atoms with van der Waals surface area (Å²) in [6.07, 6.45) is 1.00. The van der Waals surface area contributed by atoms with E-state index in [1.54, 1.807) is 0 Å². The van der Waals surface area contributed by atoms with Gasteiger partial charge in [-0.05, 0) is 42.3 Å². The van der Waals surface area contributed by atoms with Gasteiger partial charge in [0.1, 0.15) is 5.75 Å². The van der Waals surface area contributed by atoms with Crippen molar-refractivity contribution in [2.45, 2.75) is 26.8 Å². The first-order valence-electron chi connectivity index (χ1n) is 7.47. The smallest absolute Gasteiger partial charge is 0.127 e. The predicted molar refractivity (Wildman–Crippen MR) is 90.1 cm³/mol. The zero-order valence-corrected chi connectivity index (χ0v) is 13.4. The van der Waals surface area contributed by atoms with Gasteiger partial charge in [0.05, 0.1) is 6.61 Å². The minimum Gasteiger partial charge on any atom is -0.493 e. The van der Waals surface area contributed by atoms with Crippen LogP contribution in [-0.4, -0.2) is 13.2 Å². The summed E-state index contributed by atoms with van der Waals surface area (Å²) >= 11 is 6.27. The highest BCUT2D eigenvalue weighted by Crippen LogP contribution is 2.32. The number of rotatable bonds is 7. The maximum absolute atomic E-state index is 6.27. The van der Waals surface area contributed by atoms with Gasteiger partial charge in [-0.15, -0.1) is 0 Å². The molecule has 2 nitrogen and oxygen atoms in total. The van der Waals surface area contributed by atoms with E-state index in [4.69, 9.17) is 16.3 Å². The molecule has 0 saturated heterocycles. The van der Waals surface area contributed by atoms with Gasteiger partial charge >= 0.3 is 0 Å². The summed E-state index contributed by atoms with van der Waals surface area (Å²) < 4.78 is 5.84. The third-order valence-electron chi connectivity index (χ3n) is 3.27. The number of halogens is 1. The molecule has 2 rings (SSSR count). The molecule has 0 fully saturated rings. The first kappa shape index (κ1) is 15.9. The number of benzene rings is 2. The second-order valence-corrected chi connectivity index (χ2v) is 5.34. The fraction of sp³-hybridized carbons (Fsp3) is 0.333. The molecule has 0 radical (unpaired) electrons. The minimum atomic E-state index is 0.731. The van der Waals surface area contributed by atoms with E-state index in [0.717, 1.165) is 53.6 Å². The molecule has 21 heavy (non-hydrogen) atoms. The molecule has 2 aromatic carbocycles. The lowest BCUT2D eigenvalue weighted by Gasteiger charge is -2.13. The van der Waals surface area contributed by atoms with Crippen molar-refractivity contribution in [2.75, 3.05) is 13.2 Å². The van der Waals surface area contributed by atoms with Crippen LogP contribution < -0.4 is 10.1 Å². The van der Waals surface area contributed by atoms with Crippen molar-refractivity contribution < 1.29 is 4.74 Å². The fourth-order valence-corrected chi connectivity index (χ4v) is 2.36. The van der Waals surface area contributed by atoms with Crippen LogP contribution in [0.4, 0.5) is 0 Å². The van der Waals surface area contributed by atoms with E-state index < -0.39 is 0 Å². The van der Waals surface area contributed by atoms with E-state index in [1.807, 2.05) is 30.3 Å². The second kappa shape index (κ2) is 8.06. The molecule has 0 unspecified atom stereocenters. The molecule has 112 valence electrons. The lowest BCUT2D eigenvalue weighted by atomic mass is 10.0. The van der Waals surface area contributed by atoms with Crippen molar-refractivity contribution in [3.8, 4) is 16.9 Å². The van der Waals surface area contributed by atoms with Crippen LogP contribution in [0.1, 0.15) is 25.8 Å². The Morgan fingerprint density at radius 3 is 2.67 bits per heavy atom. The maximum Gasteiger partial charge on any atom is 0.127 e. The molecule has 0 heterocycles. The van der Waals surface area contributed by atoms with Crippen LogP contribution >= 0.6 is 11.6 Å². The maximum atomic E-state index is 6.27. The van der Waals surface area contributed by atoms with Crippen molar-refractivity contribution >= 4 is 11.6 Å². The molecule has 0 saturated carbocycles. The summed E-state index contributed by atoms with van der Waals surface area (Å²) in [6.45, 7) is 6.64. The quantitative estimate of drug-likeness (QED) is 0.785. The summed E-state index contributed by atoms with van der Waals surface area (Å²) in [5.41, 5.74) is 3.36. The van der Waals surface area contributed by atoms with Crippen molar-refractivity contribution in [3.05, 3.63) is 53.1 Å². The van der Waals surface area contributed by atoms with Gasteiger partial charge in [0.15, 0.2) is 0 Å². The largest absolute Gasteiger partial charge is 0.493 e. The van der Waals surface area contributed by atoms with E-state index in [-0.39, 0.29) is 0 Å². The Bertz CT molecular complexity index is 583. The van der Waals surface area contributed by atoms with Crippen LogP contribution in [0.25, 0.3) is 11.1 Å². The van der Waals surface area contributed by atoms with Gasteiger partial charge in [-0.3, -0.25) is 0 Å². The number of hydrogen-bond donors (Lipinski definition) is 1. The Balaban J connectivity index is 2.33. The average molecular weight is 304 g/mol. The predicted octanol–water partition coefficient (Wildman–Crippen LogP) is 4.91. The zero-order valence-electron chi connectivity index (χ0n) is 12.7. The van der Waals surface area contributed by atoms with Crippen molar-refractivity contribution in [2.24, 2.45) is 0 Å². The first-order valence-corrected chi connectivity index (χ1v) is 7.85. The van der Waals surface area contributed by atoms with Crippen LogP contribution in [0, 0.1) is 0 Å². The van der Waals surface area contributed by atoms with Gasteiger partial charge in [0.2, 0.25) is 0 Å². The third kappa shape index (κ3) is 4.23. The summed E-state index contributed by atoms with van der Waals surface area (Å²) in [7, 11) is 0. The van der Waals surface area contributed by atoms with Gasteiger partial charge in [-0.1, -0.05) is 49.7 Å². The van der Waals surface area contributed by atoms with Crippen LogP contribution in [0.15, 0.2) is 42.5 Å². The average Bonchev–Trinajstić information content (AvgIpc) is 2.52. The fourth-order valence-electron chi connectivity index (χ4n) is 2.18. The highest BCUT2D eigenvalue weighted by atomic mass is 35.5. The first-order chi connectivity index (χ1) is 10.3. The Morgan fingerprint density at radius 2 is 1.90 bits per heavy atom. The highest BCUT2D eigenvalue weighted by Gasteiger charge is 2.08. The monoisotopic (exact) mass is 303 g/mol. The van der Waals surface area contributed by atoms with Crippen molar-refractivity contribution in [1.82, 2.24) is 5.32 Å². The summed E-state index contributed by atoms with van der Waals surface area (Å²) in [4.78, 5) is 0.